The highest BCUT2D eigenvalue weighted by atomic mass is 16.3. The first kappa shape index (κ1) is 14.9. The molecule has 0 aromatic heterocycles. The molecule has 4 heteroatoms. The van der Waals surface area contributed by atoms with Crippen LogP contribution in [0.3, 0.4) is 0 Å². The molecule has 0 rings (SSSR count). The fourth-order valence-electron chi connectivity index (χ4n) is 1.34. The summed E-state index contributed by atoms with van der Waals surface area (Å²) in [6.45, 7) is 6.75. The van der Waals surface area contributed by atoms with E-state index in [4.69, 9.17) is 11.5 Å². The van der Waals surface area contributed by atoms with Crippen LogP contribution in [0.25, 0.3) is 0 Å². The van der Waals surface area contributed by atoms with Crippen molar-refractivity contribution in [3.05, 3.63) is 0 Å². The van der Waals surface area contributed by atoms with E-state index >= 15 is 0 Å². The summed E-state index contributed by atoms with van der Waals surface area (Å²) in [7, 11) is 0. The molecule has 1 amide bonds. The van der Waals surface area contributed by atoms with Crippen molar-refractivity contribution in [3.8, 4) is 12.3 Å². The lowest BCUT2D eigenvalue weighted by Gasteiger charge is -2.31. The number of carbonyl (C=O) groups excluding carboxylic acids is 1. The van der Waals surface area contributed by atoms with Crippen molar-refractivity contribution in [2.45, 2.75) is 33.2 Å². The summed E-state index contributed by atoms with van der Waals surface area (Å²) in [5, 5.41) is 14.6. The summed E-state index contributed by atoms with van der Waals surface area (Å²) in [6, 6.07) is -0.0300. The average Bonchev–Trinajstić information content (AvgIpc) is 2.16. The van der Waals surface area contributed by atoms with Gasteiger partial charge in [-0.15, -0.1) is 6.42 Å². The molecule has 0 saturated carbocycles. The van der Waals surface area contributed by atoms with Gasteiger partial charge < -0.3 is 10.4 Å². The molecular weight excluding hydrogens is 204 g/mol. The van der Waals surface area contributed by atoms with Crippen LogP contribution >= 0.6 is 0 Å². The zero-order valence-corrected chi connectivity index (χ0v) is 10.3. The fourth-order valence-corrected chi connectivity index (χ4v) is 1.34. The molecule has 0 bridgehead atoms. The van der Waals surface area contributed by atoms with Crippen molar-refractivity contribution in [3.63, 3.8) is 0 Å². The lowest BCUT2D eigenvalue weighted by molar-refractivity contribution is -0.121. The Morgan fingerprint density at radius 3 is 2.56 bits per heavy atom. The molecule has 0 aliphatic carbocycles. The highest BCUT2D eigenvalue weighted by Gasteiger charge is 2.25. The van der Waals surface area contributed by atoms with Crippen molar-refractivity contribution in [1.82, 2.24) is 10.6 Å². The molecular formula is C12H22N2O2. The van der Waals surface area contributed by atoms with Crippen molar-refractivity contribution >= 4 is 5.91 Å². The van der Waals surface area contributed by atoms with Gasteiger partial charge in [0, 0.05) is 12.6 Å². The molecule has 3 N–H and O–H groups in total. The molecule has 0 aromatic rings. The maximum absolute atomic E-state index is 11.5. The average molecular weight is 226 g/mol. The first-order valence-corrected chi connectivity index (χ1v) is 5.46. The maximum atomic E-state index is 11.5. The molecule has 0 aliphatic rings. The highest BCUT2D eigenvalue weighted by Crippen LogP contribution is 2.21. The Morgan fingerprint density at radius 1 is 1.50 bits per heavy atom. The quantitative estimate of drug-likeness (QED) is 0.445. The monoisotopic (exact) mass is 226 g/mol. The normalized spacial score (nSPS) is 12.9. The third-order valence-electron chi connectivity index (χ3n) is 2.31. The Kier molecular flexibility index (Phi) is 6.78. The van der Waals surface area contributed by atoms with Crippen LogP contribution in [0.15, 0.2) is 0 Å². The number of aliphatic hydroxyl groups is 1. The Bertz CT molecular complexity index is 251. The number of hydrogen-bond donors (Lipinski definition) is 3. The summed E-state index contributed by atoms with van der Waals surface area (Å²) in [4.78, 5) is 11.5. The number of nitrogens with one attached hydrogen (secondary N) is 2. The van der Waals surface area contributed by atoms with Crippen LogP contribution < -0.4 is 10.6 Å². The summed E-state index contributed by atoms with van der Waals surface area (Å²) in [6.07, 6.45) is 5.62. The van der Waals surface area contributed by atoms with Crippen LogP contribution in [0, 0.1) is 17.8 Å². The highest BCUT2D eigenvalue weighted by molar-refractivity contribution is 5.78. The van der Waals surface area contributed by atoms with Gasteiger partial charge in [0.25, 0.3) is 0 Å². The molecule has 4 nitrogen and oxygen atoms in total. The fraction of sp³-hybridized carbons (Fsp3) is 0.750. The minimum Gasteiger partial charge on any atom is -0.396 e. The zero-order valence-electron chi connectivity index (χ0n) is 10.3. The molecule has 0 spiro atoms. The van der Waals surface area contributed by atoms with Gasteiger partial charge in [0.2, 0.25) is 5.91 Å². The van der Waals surface area contributed by atoms with Gasteiger partial charge in [-0.05, 0) is 11.8 Å². The lowest BCUT2D eigenvalue weighted by atomic mass is 9.85. The van der Waals surface area contributed by atoms with Crippen molar-refractivity contribution < 1.29 is 9.90 Å². The molecule has 0 aliphatic heterocycles. The molecule has 0 saturated heterocycles. The molecule has 0 aromatic carbocycles. The van der Waals surface area contributed by atoms with Crippen LogP contribution in [0.4, 0.5) is 0 Å². The van der Waals surface area contributed by atoms with E-state index in [1.54, 1.807) is 0 Å². The Morgan fingerprint density at radius 2 is 2.12 bits per heavy atom. The molecule has 92 valence electrons. The molecule has 0 radical (unpaired) electrons. The number of rotatable bonds is 6. The smallest absolute Gasteiger partial charge is 0.234 e. The van der Waals surface area contributed by atoms with E-state index in [9.17, 15) is 4.79 Å². The topological polar surface area (TPSA) is 61.4 Å². The van der Waals surface area contributed by atoms with E-state index in [2.05, 4.69) is 16.6 Å². The van der Waals surface area contributed by atoms with Gasteiger partial charge in [0.1, 0.15) is 0 Å². The lowest BCUT2D eigenvalue weighted by Crippen LogP contribution is -2.47. The zero-order chi connectivity index (χ0) is 12.6. The minimum absolute atomic E-state index is 0.0300. The number of carbonyl (C=O) groups is 1. The maximum Gasteiger partial charge on any atom is 0.234 e. The number of terminal acetylenes is 1. The van der Waals surface area contributed by atoms with E-state index in [1.165, 1.54) is 0 Å². The van der Waals surface area contributed by atoms with E-state index < -0.39 is 0 Å². The predicted octanol–water partition coefficient (Wildman–Crippen LogP) is 0.123. The molecule has 0 fully saturated rings. The SMILES string of the molecule is C#CCNCC(=O)NC(CCO)C(C)(C)C. The Hall–Kier alpha value is -1.05. The molecule has 1 unspecified atom stereocenters. The molecule has 0 heterocycles. The van der Waals surface area contributed by atoms with E-state index in [-0.39, 0.29) is 30.5 Å². The minimum atomic E-state index is -0.0939. The van der Waals surface area contributed by atoms with E-state index in [0.29, 0.717) is 13.0 Å². The third-order valence-corrected chi connectivity index (χ3v) is 2.31. The summed E-state index contributed by atoms with van der Waals surface area (Å²) < 4.78 is 0. The number of aliphatic hydroxyl groups excluding tert-OH is 1. The number of amides is 1. The standard InChI is InChI=1S/C12H22N2O2/c1-5-7-13-9-11(16)14-10(6-8-15)12(2,3)4/h1,10,13,15H,6-9H2,2-4H3,(H,14,16). The largest absolute Gasteiger partial charge is 0.396 e. The second-order valence-electron chi connectivity index (χ2n) is 4.81. The van der Waals surface area contributed by atoms with E-state index in [0.717, 1.165) is 0 Å². The van der Waals surface area contributed by atoms with Gasteiger partial charge >= 0.3 is 0 Å². The Labute approximate surface area is 97.8 Å². The van der Waals surface area contributed by atoms with Gasteiger partial charge in [0.05, 0.1) is 13.1 Å². The van der Waals surface area contributed by atoms with Crippen LogP contribution in [0.5, 0.6) is 0 Å². The van der Waals surface area contributed by atoms with Crippen LogP contribution in [0.1, 0.15) is 27.2 Å². The second-order valence-corrected chi connectivity index (χ2v) is 4.81. The Balaban J connectivity index is 4.10. The van der Waals surface area contributed by atoms with Crippen LogP contribution in [-0.4, -0.2) is 36.8 Å². The van der Waals surface area contributed by atoms with E-state index in [1.807, 2.05) is 20.8 Å². The number of hydrogen-bond acceptors (Lipinski definition) is 3. The third kappa shape index (κ3) is 6.44. The van der Waals surface area contributed by atoms with Gasteiger partial charge in [-0.1, -0.05) is 26.7 Å². The second kappa shape index (κ2) is 7.26. The van der Waals surface area contributed by atoms with Crippen molar-refractivity contribution in [2.24, 2.45) is 5.41 Å². The van der Waals surface area contributed by atoms with Gasteiger partial charge in [-0.2, -0.15) is 0 Å². The van der Waals surface area contributed by atoms with Crippen molar-refractivity contribution in [1.29, 1.82) is 0 Å². The van der Waals surface area contributed by atoms with Gasteiger partial charge in [0.15, 0.2) is 0 Å². The molecule has 1 atom stereocenters. The summed E-state index contributed by atoms with van der Waals surface area (Å²) >= 11 is 0. The summed E-state index contributed by atoms with van der Waals surface area (Å²) in [5.74, 6) is 2.31. The summed E-state index contributed by atoms with van der Waals surface area (Å²) in [5.41, 5.74) is -0.0650. The van der Waals surface area contributed by atoms with Gasteiger partial charge in [-0.25, -0.2) is 0 Å². The van der Waals surface area contributed by atoms with Gasteiger partial charge in [-0.3, -0.25) is 10.1 Å². The van der Waals surface area contributed by atoms with Crippen LogP contribution in [-0.2, 0) is 4.79 Å². The van der Waals surface area contributed by atoms with Crippen molar-refractivity contribution in [2.75, 3.05) is 19.7 Å². The first-order chi connectivity index (χ1) is 7.41. The first-order valence-electron chi connectivity index (χ1n) is 5.46. The predicted molar refractivity (Wildman–Crippen MR) is 64.8 cm³/mol. The van der Waals surface area contributed by atoms with Crippen LogP contribution in [0.2, 0.25) is 0 Å². The molecule has 16 heavy (non-hydrogen) atoms.